The van der Waals surface area contributed by atoms with Crippen LogP contribution < -0.4 is 0 Å². The van der Waals surface area contributed by atoms with Gasteiger partial charge in [-0.05, 0) is 6.42 Å². The van der Waals surface area contributed by atoms with E-state index in [1.54, 1.807) is 0 Å². The maximum atomic E-state index is 5.65. The molecule has 2 atom stereocenters. The Bertz CT molecular complexity index is 87.6. The molecule has 1 saturated heterocycles. The van der Waals surface area contributed by atoms with Crippen molar-refractivity contribution in [3.05, 3.63) is 0 Å². The van der Waals surface area contributed by atoms with Crippen molar-refractivity contribution in [1.29, 1.82) is 0 Å². The SMILES string of the molecule is CC[C@H]1COC[C@@H](CI)O1. The molecule has 0 spiro atoms. The summed E-state index contributed by atoms with van der Waals surface area (Å²) in [6.07, 6.45) is 1.74. The minimum atomic E-state index is 0.333. The van der Waals surface area contributed by atoms with E-state index in [2.05, 4.69) is 29.5 Å². The molecule has 0 aromatic carbocycles. The summed E-state index contributed by atoms with van der Waals surface area (Å²) in [5.41, 5.74) is 0. The van der Waals surface area contributed by atoms with Gasteiger partial charge in [-0.3, -0.25) is 0 Å². The number of ether oxygens (including phenoxy) is 2. The van der Waals surface area contributed by atoms with Crippen molar-refractivity contribution >= 4 is 22.6 Å². The van der Waals surface area contributed by atoms with Gasteiger partial charge in [0, 0.05) is 4.43 Å². The highest BCUT2D eigenvalue weighted by Gasteiger charge is 2.19. The van der Waals surface area contributed by atoms with Crippen LogP contribution in [0.1, 0.15) is 13.3 Å². The predicted molar refractivity (Wildman–Crippen MR) is 48.7 cm³/mol. The lowest BCUT2D eigenvalue weighted by atomic mass is 10.2. The molecule has 0 N–H and O–H groups in total. The Morgan fingerprint density at radius 3 is 2.70 bits per heavy atom. The van der Waals surface area contributed by atoms with Crippen LogP contribution in [0.25, 0.3) is 0 Å². The third-order valence-corrected chi connectivity index (χ3v) is 2.60. The van der Waals surface area contributed by atoms with E-state index in [-0.39, 0.29) is 0 Å². The molecule has 1 rings (SSSR count). The lowest BCUT2D eigenvalue weighted by molar-refractivity contribution is -0.128. The molecular weight excluding hydrogens is 243 g/mol. The van der Waals surface area contributed by atoms with Gasteiger partial charge >= 0.3 is 0 Å². The summed E-state index contributed by atoms with van der Waals surface area (Å²) in [7, 11) is 0. The van der Waals surface area contributed by atoms with E-state index in [1.807, 2.05) is 0 Å². The van der Waals surface area contributed by atoms with Crippen molar-refractivity contribution in [1.82, 2.24) is 0 Å². The van der Waals surface area contributed by atoms with Gasteiger partial charge in [0.2, 0.25) is 0 Å². The fourth-order valence-electron chi connectivity index (χ4n) is 0.977. The highest BCUT2D eigenvalue weighted by molar-refractivity contribution is 14.1. The average molecular weight is 256 g/mol. The summed E-state index contributed by atoms with van der Waals surface area (Å²) in [5, 5.41) is 0. The van der Waals surface area contributed by atoms with Gasteiger partial charge in [-0.15, -0.1) is 0 Å². The molecule has 0 radical (unpaired) electrons. The Kier molecular flexibility index (Phi) is 3.95. The summed E-state index contributed by atoms with van der Waals surface area (Å²) >= 11 is 2.33. The summed E-state index contributed by atoms with van der Waals surface area (Å²) in [6, 6.07) is 0. The first-order valence-corrected chi connectivity index (χ1v) is 5.18. The molecule has 0 saturated carbocycles. The lowest BCUT2D eigenvalue weighted by Crippen LogP contribution is -2.36. The summed E-state index contributed by atoms with van der Waals surface area (Å²) in [6.45, 7) is 3.69. The van der Waals surface area contributed by atoms with Crippen molar-refractivity contribution in [3.63, 3.8) is 0 Å². The van der Waals surface area contributed by atoms with Crippen molar-refractivity contribution in [2.45, 2.75) is 25.6 Å². The Labute approximate surface area is 75.4 Å². The fraction of sp³-hybridized carbons (Fsp3) is 1.00. The van der Waals surface area contributed by atoms with Crippen molar-refractivity contribution in [2.24, 2.45) is 0 Å². The normalized spacial score (nSPS) is 34.2. The topological polar surface area (TPSA) is 18.5 Å². The smallest absolute Gasteiger partial charge is 0.0902 e. The van der Waals surface area contributed by atoms with Crippen LogP contribution in [0.15, 0.2) is 0 Å². The first kappa shape index (κ1) is 8.74. The molecule has 0 aromatic heterocycles. The number of halogens is 1. The standard InChI is InChI=1S/C7H13IO2/c1-2-6-4-9-5-7(3-8)10-6/h6-7H,2-5H2,1H3/t6-,7+/m0/s1. The van der Waals surface area contributed by atoms with Gasteiger partial charge in [0.1, 0.15) is 0 Å². The molecule has 1 heterocycles. The van der Waals surface area contributed by atoms with Gasteiger partial charge in [-0.2, -0.15) is 0 Å². The maximum absolute atomic E-state index is 5.65. The minimum absolute atomic E-state index is 0.333. The molecule has 10 heavy (non-hydrogen) atoms. The van der Waals surface area contributed by atoms with Gasteiger partial charge in [0.05, 0.1) is 25.4 Å². The minimum Gasteiger partial charge on any atom is -0.376 e. The van der Waals surface area contributed by atoms with Crippen LogP contribution in [0.2, 0.25) is 0 Å². The second-order valence-corrected chi connectivity index (χ2v) is 3.36. The van der Waals surface area contributed by atoms with E-state index < -0.39 is 0 Å². The van der Waals surface area contributed by atoms with Crippen molar-refractivity contribution in [3.8, 4) is 0 Å². The third-order valence-electron chi connectivity index (χ3n) is 1.62. The van der Waals surface area contributed by atoms with E-state index in [0.717, 1.165) is 24.1 Å². The third kappa shape index (κ3) is 2.36. The first-order valence-electron chi connectivity index (χ1n) is 3.66. The van der Waals surface area contributed by atoms with Gasteiger partial charge in [0.25, 0.3) is 0 Å². The van der Waals surface area contributed by atoms with Crippen molar-refractivity contribution in [2.75, 3.05) is 17.6 Å². The molecule has 3 heteroatoms. The maximum Gasteiger partial charge on any atom is 0.0902 e. The molecule has 60 valence electrons. The first-order chi connectivity index (χ1) is 4.86. The van der Waals surface area contributed by atoms with Crippen LogP contribution in [0.4, 0.5) is 0 Å². The quantitative estimate of drug-likeness (QED) is 0.552. The molecule has 0 amide bonds. The number of rotatable bonds is 2. The fourth-order valence-corrected chi connectivity index (χ4v) is 1.44. The molecule has 1 fully saturated rings. The summed E-state index contributed by atoms with van der Waals surface area (Å²) < 4.78 is 12.0. The molecular formula is C7H13IO2. The van der Waals surface area contributed by atoms with E-state index in [4.69, 9.17) is 9.47 Å². The number of hydrogen-bond donors (Lipinski definition) is 0. The van der Waals surface area contributed by atoms with E-state index >= 15 is 0 Å². The van der Waals surface area contributed by atoms with Crippen molar-refractivity contribution < 1.29 is 9.47 Å². The highest BCUT2D eigenvalue weighted by atomic mass is 127. The van der Waals surface area contributed by atoms with Crippen LogP contribution in [0.5, 0.6) is 0 Å². The van der Waals surface area contributed by atoms with E-state index in [1.165, 1.54) is 0 Å². The molecule has 0 unspecified atom stereocenters. The monoisotopic (exact) mass is 256 g/mol. The second kappa shape index (κ2) is 4.51. The van der Waals surface area contributed by atoms with Crippen LogP contribution in [-0.4, -0.2) is 29.8 Å². The predicted octanol–water partition coefficient (Wildman–Crippen LogP) is 1.62. The second-order valence-electron chi connectivity index (χ2n) is 2.48. The number of hydrogen-bond acceptors (Lipinski definition) is 2. The molecule has 0 aliphatic carbocycles. The zero-order valence-electron chi connectivity index (χ0n) is 6.18. The average Bonchev–Trinajstić information content (AvgIpc) is 2.05. The summed E-state index contributed by atoms with van der Waals surface area (Å²) in [5.74, 6) is 0. The Balaban J connectivity index is 2.25. The van der Waals surface area contributed by atoms with Crippen LogP contribution in [-0.2, 0) is 9.47 Å². The summed E-state index contributed by atoms with van der Waals surface area (Å²) in [4.78, 5) is 0. The molecule has 1 aliphatic rings. The van der Waals surface area contributed by atoms with E-state index in [0.29, 0.717) is 12.2 Å². The lowest BCUT2D eigenvalue weighted by Gasteiger charge is -2.28. The Hall–Kier alpha value is 0.650. The van der Waals surface area contributed by atoms with Crippen LogP contribution in [0.3, 0.4) is 0 Å². The van der Waals surface area contributed by atoms with E-state index in [9.17, 15) is 0 Å². The van der Waals surface area contributed by atoms with Crippen LogP contribution in [0, 0.1) is 0 Å². The molecule has 0 aromatic rings. The molecule has 1 aliphatic heterocycles. The number of alkyl halides is 1. The zero-order valence-corrected chi connectivity index (χ0v) is 8.34. The highest BCUT2D eigenvalue weighted by Crippen LogP contribution is 2.12. The Morgan fingerprint density at radius 1 is 1.40 bits per heavy atom. The molecule has 0 bridgehead atoms. The van der Waals surface area contributed by atoms with Crippen LogP contribution >= 0.6 is 22.6 Å². The molecule has 2 nitrogen and oxygen atoms in total. The largest absolute Gasteiger partial charge is 0.376 e. The Morgan fingerprint density at radius 2 is 2.10 bits per heavy atom. The zero-order chi connectivity index (χ0) is 7.40. The van der Waals surface area contributed by atoms with Gasteiger partial charge in [-0.1, -0.05) is 29.5 Å². The van der Waals surface area contributed by atoms with Gasteiger partial charge < -0.3 is 9.47 Å². The van der Waals surface area contributed by atoms with Gasteiger partial charge in [0.15, 0.2) is 0 Å². The van der Waals surface area contributed by atoms with Gasteiger partial charge in [-0.25, -0.2) is 0 Å².